The van der Waals surface area contributed by atoms with Crippen LogP contribution in [0.15, 0.2) is 42.6 Å². The zero-order chi connectivity index (χ0) is 16.5. The predicted molar refractivity (Wildman–Crippen MR) is 91.4 cm³/mol. The molecule has 2 rings (SSSR count). The summed E-state index contributed by atoms with van der Waals surface area (Å²) in [5, 5.41) is 2.93. The summed E-state index contributed by atoms with van der Waals surface area (Å²) in [6.07, 6.45) is 5.58. The highest BCUT2D eigenvalue weighted by Crippen LogP contribution is 2.10. The number of hydrogen-bond acceptors (Lipinski definition) is 3. The summed E-state index contributed by atoms with van der Waals surface area (Å²) >= 11 is 0. The van der Waals surface area contributed by atoms with Crippen LogP contribution in [0.2, 0.25) is 0 Å². The normalized spacial score (nSPS) is 10.3. The molecule has 0 spiro atoms. The van der Waals surface area contributed by atoms with Crippen molar-refractivity contribution in [2.75, 3.05) is 7.11 Å². The molecule has 0 atom stereocenters. The number of pyridine rings is 1. The second kappa shape index (κ2) is 8.93. The van der Waals surface area contributed by atoms with Gasteiger partial charge in [0.1, 0.15) is 0 Å². The molecule has 0 aliphatic heterocycles. The van der Waals surface area contributed by atoms with Gasteiger partial charge in [0.05, 0.1) is 13.5 Å². The first-order chi connectivity index (χ1) is 11.2. The zero-order valence-electron chi connectivity index (χ0n) is 13.8. The van der Waals surface area contributed by atoms with Crippen molar-refractivity contribution < 1.29 is 9.53 Å². The van der Waals surface area contributed by atoms with Crippen molar-refractivity contribution in [2.45, 2.75) is 39.2 Å². The number of methoxy groups -OCH3 is 1. The molecule has 0 aliphatic rings. The molecule has 1 N–H and O–H groups in total. The van der Waals surface area contributed by atoms with E-state index in [2.05, 4.69) is 29.4 Å². The minimum Gasteiger partial charge on any atom is -0.481 e. The number of amides is 1. The van der Waals surface area contributed by atoms with E-state index in [4.69, 9.17) is 4.74 Å². The van der Waals surface area contributed by atoms with Gasteiger partial charge in [-0.25, -0.2) is 4.98 Å². The molecular weight excluding hydrogens is 288 g/mol. The minimum atomic E-state index is 0.0158. The van der Waals surface area contributed by atoms with E-state index < -0.39 is 0 Å². The van der Waals surface area contributed by atoms with E-state index in [9.17, 15) is 4.79 Å². The molecule has 23 heavy (non-hydrogen) atoms. The highest BCUT2D eigenvalue weighted by Gasteiger charge is 2.04. The van der Waals surface area contributed by atoms with Gasteiger partial charge in [0.2, 0.25) is 11.8 Å². The Morgan fingerprint density at radius 1 is 1.13 bits per heavy atom. The summed E-state index contributed by atoms with van der Waals surface area (Å²) in [6, 6.07) is 12.0. The van der Waals surface area contributed by atoms with E-state index in [1.54, 1.807) is 13.3 Å². The largest absolute Gasteiger partial charge is 0.481 e. The highest BCUT2D eigenvalue weighted by atomic mass is 16.5. The van der Waals surface area contributed by atoms with Crippen LogP contribution < -0.4 is 10.1 Å². The third kappa shape index (κ3) is 5.74. The molecule has 0 radical (unpaired) electrons. The Bertz CT molecular complexity index is 624. The van der Waals surface area contributed by atoms with Gasteiger partial charge in [0.25, 0.3) is 0 Å². The second-order valence-corrected chi connectivity index (χ2v) is 5.58. The van der Waals surface area contributed by atoms with Crippen LogP contribution in [0.5, 0.6) is 5.88 Å². The topological polar surface area (TPSA) is 51.2 Å². The first-order valence-electron chi connectivity index (χ1n) is 8.04. The van der Waals surface area contributed by atoms with Crippen molar-refractivity contribution in [3.63, 3.8) is 0 Å². The Balaban J connectivity index is 1.82. The number of ether oxygens (including phenoxy) is 1. The van der Waals surface area contributed by atoms with Gasteiger partial charge in [-0.3, -0.25) is 4.79 Å². The maximum atomic E-state index is 12.0. The monoisotopic (exact) mass is 312 g/mol. The number of aryl methyl sites for hydroxylation is 1. The molecule has 1 heterocycles. The molecule has 1 amide bonds. The van der Waals surface area contributed by atoms with Crippen LogP contribution in [0.3, 0.4) is 0 Å². The Hall–Kier alpha value is -2.36. The van der Waals surface area contributed by atoms with E-state index in [0.717, 1.165) is 17.5 Å². The lowest BCUT2D eigenvalue weighted by Gasteiger charge is -2.07. The summed E-state index contributed by atoms with van der Waals surface area (Å²) in [7, 11) is 1.58. The molecule has 0 bridgehead atoms. The van der Waals surface area contributed by atoms with Crippen LogP contribution in [0.4, 0.5) is 0 Å². The number of nitrogens with zero attached hydrogens (tertiary/aromatic N) is 1. The standard InChI is InChI=1S/C19H24N2O2/c1-3-4-5-15-6-8-16(9-7-15)12-18(22)21-14-17-10-11-20-19(13-17)23-2/h6-11,13H,3-5,12,14H2,1-2H3,(H,21,22). The van der Waals surface area contributed by atoms with Gasteiger partial charge in [-0.2, -0.15) is 0 Å². The summed E-state index contributed by atoms with van der Waals surface area (Å²) in [5.74, 6) is 0.571. The number of carbonyl (C=O) groups excluding carboxylic acids is 1. The smallest absolute Gasteiger partial charge is 0.224 e. The van der Waals surface area contributed by atoms with Crippen molar-refractivity contribution in [3.8, 4) is 5.88 Å². The molecule has 4 nitrogen and oxygen atoms in total. The molecule has 0 fully saturated rings. The molecule has 122 valence electrons. The Kier molecular flexibility index (Phi) is 6.60. The summed E-state index contributed by atoms with van der Waals surface area (Å²) in [6.45, 7) is 2.67. The first-order valence-corrected chi connectivity index (χ1v) is 8.04. The number of benzene rings is 1. The zero-order valence-corrected chi connectivity index (χ0v) is 13.8. The quantitative estimate of drug-likeness (QED) is 0.814. The maximum Gasteiger partial charge on any atom is 0.224 e. The Morgan fingerprint density at radius 3 is 2.57 bits per heavy atom. The number of aromatic nitrogens is 1. The van der Waals surface area contributed by atoms with Gasteiger partial charge in [-0.1, -0.05) is 37.6 Å². The lowest BCUT2D eigenvalue weighted by Crippen LogP contribution is -2.24. The lowest BCUT2D eigenvalue weighted by atomic mass is 10.0. The van der Waals surface area contributed by atoms with Crippen molar-refractivity contribution >= 4 is 5.91 Å². The average Bonchev–Trinajstić information content (AvgIpc) is 2.59. The number of unbranched alkanes of at least 4 members (excludes halogenated alkanes) is 1. The molecule has 4 heteroatoms. The highest BCUT2D eigenvalue weighted by molar-refractivity contribution is 5.78. The first kappa shape index (κ1) is 17.0. The number of carbonyl (C=O) groups is 1. The van der Waals surface area contributed by atoms with E-state index in [1.165, 1.54) is 18.4 Å². The van der Waals surface area contributed by atoms with Crippen LogP contribution >= 0.6 is 0 Å². The summed E-state index contributed by atoms with van der Waals surface area (Å²) in [4.78, 5) is 16.1. The second-order valence-electron chi connectivity index (χ2n) is 5.58. The van der Waals surface area contributed by atoms with E-state index in [-0.39, 0.29) is 5.91 Å². The van der Waals surface area contributed by atoms with Crippen molar-refractivity contribution in [1.29, 1.82) is 0 Å². The fraction of sp³-hybridized carbons (Fsp3) is 0.368. The molecule has 1 aromatic heterocycles. The van der Waals surface area contributed by atoms with Gasteiger partial charge < -0.3 is 10.1 Å². The molecule has 0 unspecified atom stereocenters. The van der Waals surface area contributed by atoms with Gasteiger partial charge in [-0.15, -0.1) is 0 Å². The van der Waals surface area contributed by atoms with E-state index in [0.29, 0.717) is 18.8 Å². The minimum absolute atomic E-state index is 0.0158. The third-order valence-corrected chi connectivity index (χ3v) is 3.70. The van der Waals surface area contributed by atoms with Crippen molar-refractivity contribution in [3.05, 3.63) is 59.3 Å². The molecule has 0 saturated carbocycles. The fourth-order valence-electron chi connectivity index (χ4n) is 2.33. The number of hydrogen-bond donors (Lipinski definition) is 1. The molecular formula is C19H24N2O2. The SMILES string of the molecule is CCCCc1ccc(CC(=O)NCc2ccnc(OC)c2)cc1. The Morgan fingerprint density at radius 2 is 1.87 bits per heavy atom. The molecule has 1 aromatic carbocycles. The lowest BCUT2D eigenvalue weighted by molar-refractivity contribution is -0.120. The molecule has 2 aromatic rings. The van der Waals surface area contributed by atoms with Crippen LogP contribution in [-0.4, -0.2) is 18.0 Å². The Labute approximate surface area is 137 Å². The van der Waals surface area contributed by atoms with E-state index >= 15 is 0 Å². The summed E-state index contributed by atoms with van der Waals surface area (Å²) < 4.78 is 5.07. The molecule has 0 aliphatic carbocycles. The maximum absolute atomic E-state index is 12.0. The third-order valence-electron chi connectivity index (χ3n) is 3.70. The number of rotatable bonds is 8. The summed E-state index contributed by atoms with van der Waals surface area (Å²) in [5.41, 5.74) is 3.34. The average molecular weight is 312 g/mol. The fourth-order valence-corrected chi connectivity index (χ4v) is 2.33. The van der Waals surface area contributed by atoms with Crippen molar-refractivity contribution in [2.24, 2.45) is 0 Å². The molecule has 0 saturated heterocycles. The number of nitrogens with one attached hydrogen (secondary N) is 1. The van der Waals surface area contributed by atoms with Crippen LogP contribution in [0.25, 0.3) is 0 Å². The van der Waals surface area contributed by atoms with Crippen LogP contribution in [-0.2, 0) is 24.2 Å². The van der Waals surface area contributed by atoms with Gasteiger partial charge >= 0.3 is 0 Å². The predicted octanol–water partition coefficient (Wildman–Crippen LogP) is 3.29. The van der Waals surface area contributed by atoms with E-state index in [1.807, 2.05) is 24.3 Å². The van der Waals surface area contributed by atoms with Gasteiger partial charge in [0.15, 0.2) is 0 Å². The van der Waals surface area contributed by atoms with Gasteiger partial charge in [-0.05, 0) is 35.6 Å². The van der Waals surface area contributed by atoms with Crippen LogP contribution in [0, 0.1) is 0 Å². The van der Waals surface area contributed by atoms with Gasteiger partial charge in [0, 0.05) is 18.8 Å². The van der Waals surface area contributed by atoms with Crippen LogP contribution in [0.1, 0.15) is 36.5 Å². The van der Waals surface area contributed by atoms with Crippen molar-refractivity contribution in [1.82, 2.24) is 10.3 Å².